The summed E-state index contributed by atoms with van der Waals surface area (Å²) in [6.07, 6.45) is 4.46. The van der Waals surface area contributed by atoms with Crippen LogP contribution >= 0.6 is 0 Å². The first-order valence-electron chi connectivity index (χ1n) is 14.3. The van der Waals surface area contributed by atoms with Crippen LogP contribution in [0.1, 0.15) is 53.4 Å². The number of hydrogen-bond donors (Lipinski definition) is 1. The number of likely N-dealkylation sites (tertiary alicyclic amines) is 1. The second-order valence-corrected chi connectivity index (χ2v) is 11.1. The van der Waals surface area contributed by atoms with Gasteiger partial charge in [0.15, 0.2) is 0 Å². The Morgan fingerprint density at radius 1 is 1.05 bits per heavy atom. The Bertz CT molecular complexity index is 1380. The SMILES string of the molecule is CCCn1ncc(C(=O)N2C[C@@H]3NC(=O)CN(C4CC4)Cc4cccc(c4)Oc4cccc(c4)CO[C@H]3C2)c1C. The minimum absolute atomic E-state index is 0.0479. The van der Waals surface area contributed by atoms with Gasteiger partial charge in [-0.3, -0.25) is 19.2 Å². The van der Waals surface area contributed by atoms with Crippen molar-refractivity contribution in [1.29, 1.82) is 0 Å². The Hall–Kier alpha value is -3.69. The van der Waals surface area contributed by atoms with E-state index in [9.17, 15) is 9.59 Å². The van der Waals surface area contributed by atoms with Gasteiger partial charge in [-0.05, 0) is 61.6 Å². The Balaban J connectivity index is 1.25. The molecule has 1 aliphatic carbocycles. The highest BCUT2D eigenvalue weighted by Crippen LogP contribution is 2.30. The lowest BCUT2D eigenvalue weighted by Gasteiger charge is -2.25. The molecule has 0 radical (unpaired) electrons. The van der Waals surface area contributed by atoms with E-state index >= 15 is 0 Å². The maximum absolute atomic E-state index is 13.6. The highest BCUT2D eigenvalue weighted by Gasteiger charge is 2.39. The van der Waals surface area contributed by atoms with Crippen LogP contribution in [0, 0.1) is 6.92 Å². The quantitative estimate of drug-likeness (QED) is 0.537. The second-order valence-electron chi connectivity index (χ2n) is 11.1. The Morgan fingerprint density at radius 2 is 1.80 bits per heavy atom. The van der Waals surface area contributed by atoms with Crippen LogP contribution in [0.15, 0.2) is 54.7 Å². The van der Waals surface area contributed by atoms with Crippen molar-refractivity contribution in [3.05, 3.63) is 77.1 Å². The monoisotopic (exact) mass is 543 g/mol. The van der Waals surface area contributed by atoms with E-state index in [2.05, 4.69) is 28.3 Å². The molecular formula is C31H37N5O4. The first-order valence-corrected chi connectivity index (χ1v) is 14.3. The van der Waals surface area contributed by atoms with Crippen LogP contribution < -0.4 is 10.1 Å². The molecule has 210 valence electrons. The molecule has 6 rings (SSSR count). The molecular weight excluding hydrogens is 506 g/mol. The molecule has 40 heavy (non-hydrogen) atoms. The standard InChI is InChI=1S/C31H37N5O4/c1-3-12-36-21(2)27(15-32-36)31(38)35-17-28-29(18-35)39-20-23-7-5-9-26(14-23)40-25-8-4-6-22(13-25)16-34(24-10-11-24)19-30(37)33-28/h4-9,13-15,24,28-29H,3,10-12,16-20H2,1-2H3,(H,33,37)/t28-,29-/m0/s1. The van der Waals surface area contributed by atoms with E-state index in [1.54, 1.807) is 11.1 Å². The second kappa shape index (κ2) is 11.4. The van der Waals surface area contributed by atoms with E-state index in [1.807, 2.05) is 54.1 Å². The van der Waals surface area contributed by atoms with Crippen LogP contribution in [0.3, 0.4) is 0 Å². The molecule has 2 amide bonds. The summed E-state index contributed by atoms with van der Waals surface area (Å²) in [5.74, 6) is 1.39. The maximum Gasteiger partial charge on any atom is 0.257 e. The van der Waals surface area contributed by atoms with Gasteiger partial charge >= 0.3 is 0 Å². The lowest BCUT2D eigenvalue weighted by molar-refractivity contribution is -0.124. The number of aromatic nitrogens is 2. The van der Waals surface area contributed by atoms with Gasteiger partial charge in [-0.15, -0.1) is 0 Å². The zero-order valence-corrected chi connectivity index (χ0v) is 23.2. The fourth-order valence-electron chi connectivity index (χ4n) is 5.68. The summed E-state index contributed by atoms with van der Waals surface area (Å²) in [4.78, 5) is 30.9. The number of rotatable bonds is 4. The third-order valence-corrected chi connectivity index (χ3v) is 7.96. The van der Waals surface area contributed by atoms with Gasteiger partial charge < -0.3 is 19.7 Å². The predicted molar refractivity (Wildman–Crippen MR) is 150 cm³/mol. The molecule has 2 atom stereocenters. The zero-order valence-electron chi connectivity index (χ0n) is 23.2. The molecule has 2 aliphatic heterocycles. The number of fused-ring (bicyclic) bond motifs is 5. The number of nitrogens with one attached hydrogen (secondary N) is 1. The minimum Gasteiger partial charge on any atom is -0.457 e. The number of aryl methyl sites for hydroxylation is 1. The van der Waals surface area contributed by atoms with Crippen LogP contribution in [-0.2, 0) is 29.2 Å². The first-order chi connectivity index (χ1) is 19.5. The van der Waals surface area contributed by atoms with Gasteiger partial charge in [0.25, 0.3) is 5.91 Å². The van der Waals surface area contributed by atoms with E-state index in [4.69, 9.17) is 9.47 Å². The Morgan fingerprint density at radius 3 is 2.55 bits per heavy atom. The van der Waals surface area contributed by atoms with Crippen molar-refractivity contribution in [2.75, 3.05) is 19.6 Å². The number of carbonyl (C=O) groups excluding carboxylic acids is 2. The van der Waals surface area contributed by atoms with Crippen LogP contribution in [0.2, 0.25) is 0 Å². The van der Waals surface area contributed by atoms with E-state index in [0.29, 0.717) is 44.4 Å². The summed E-state index contributed by atoms with van der Waals surface area (Å²) in [6.45, 7) is 6.90. The molecule has 4 bridgehead atoms. The summed E-state index contributed by atoms with van der Waals surface area (Å²) in [5.41, 5.74) is 3.54. The average molecular weight is 544 g/mol. The van der Waals surface area contributed by atoms with Crippen molar-refractivity contribution in [1.82, 2.24) is 24.9 Å². The fourth-order valence-corrected chi connectivity index (χ4v) is 5.68. The maximum atomic E-state index is 13.6. The van der Waals surface area contributed by atoms with E-state index in [-0.39, 0.29) is 24.0 Å². The van der Waals surface area contributed by atoms with Crippen molar-refractivity contribution >= 4 is 11.8 Å². The van der Waals surface area contributed by atoms with E-state index in [0.717, 1.165) is 54.1 Å². The molecule has 3 aliphatic rings. The number of carbonyl (C=O) groups is 2. The number of nitrogens with zero attached hydrogens (tertiary/aromatic N) is 4. The number of ether oxygens (including phenoxy) is 2. The summed E-state index contributed by atoms with van der Waals surface area (Å²) < 4.78 is 14.4. The molecule has 3 aromatic rings. The smallest absolute Gasteiger partial charge is 0.257 e. The van der Waals surface area contributed by atoms with Crippen molar-refractivity contribution < 1.29 is 19.1 Å². The van der Waals surface area contributed by atoms with Gasteiger partial charge in [0.05, 0.1) is 37.1 Å². The van der Waals surface area contributed by atoms with E-state index < -0.39 is 0 Å². The Labute approximate surface area is 235 Å². The van der Waals surface area contributed by atoms with Gasteiger partial charge in [0.1, 0.15) is 11.5 Å². The van der Waals surface area contributed by atoms with Gasteiger partial charge in [0.2, 0.25) is 5.91 Å². The molecule has 3 heterocycles. The number of benzene rings is 2. The molecule has 1 aromatic heterocycles. The Kier molecular flexibility index (Phi) is 7.58. The van der Waals surface area contributed by atoms with Gasteiger partial charge in [0, 0.05) is 37.9 Å². The third kappa shape index (κ3) is 5.90. The normalized spacial score (nSPS) is 21.9. The lowest BCUT2D eigenvalue weighted by atomic mass is 10.1. The highest BCUT2D eigenvalue weighted by molar-refractivity contribution is 5.95. The number of amides is 2. The van der Waals surface area contributed by atoms with E-state index in [1.165, 1.54) is 0 Å². The van der Waals surface area contributed by atoms with Crippen molar-refractivity contribution in [2.45, 2.75) is 71.0 Å². The molecule has 0 spiro atoms. The molecule has 2 aromatic carbocycles. The van der Waals surface area contributed by atoms with Gasteiger partial charge in [-0.2, -0.15) is 5.10 Å². The average Bonchev–Trinajstić information content (AvgIpc) is 3.62. The zero-order chi connectivity index (χ0) is 27.6. The van der Waals surface area contributed by atoms with Crippen LogP contribution in [0.5, 0.6) is 11.5 Å². The highest BCUT2D eigenvalue weighted by atomic mass is 16.5. The van der Waals surface area contributed by atoms with Crippen molar-refractivity contribution in [2.24, 2.45) is 0 Å². The minimum atomic E-state index is -0.335. The molecule has 1 saturated carbocycles. The van der Waals surface area contributed by atoms with Gasteiger partial charge in [-0.25, -0.2) is 0 Å². The molecule has 1 saturated heterocycles. The molecule has 0 unspecified atom stereocenters. The summed E-state index contributed by atoms with van der Waals surface area (Å²) in [5, 5.41) is 7.63. The van der Waals surface area contributed by atoms with Crippen LogP contribution in [0.25, 0.3) is 0 Å². The summed E-state index contributed by atoms with van der Waals surface area (Å²) in [6, 6.07) is 16.0. The first kappa shape index (κ1) is 26.5. The van der Waals surface area contributed by atoms with Crippen molar-refractivity contribution in [3.63, 3.8) is 0 Å². The van der Waals surface area contributed by atoms with Crippen LogP contribution in [-0.4, -0.2) is 69.2 Å². The molecule has 2 fully saturated rings. The largest absolute Gasteiger partial charge is 0.457 e. The summed E-state index contributed by atoms with van der Waals surface area (Å²) in [7, 11) is 0. The molecule has 1 N–H and O–H groups in total. The van der Waals surface area contributed by atoms with Crippen molar-refractivity contribution in [3.8, 4) is 11.5 Å². The molecule has 9 nitrogen and oxygen atoms in total. The fraction of sp³-hybridized carbons (Fsp3) is 0.452. The number of hydrogen-bond acceptors (Lipinski definition) is 6. The van der Waals surface area contributed by atoms with Crippen LogP contribution in [0.4, 0.5) is 0 Å². The predicted octanol–water partition coefficient (Wildman–Crippen LogP) is 3.90. The third-order valence-electron chi connectivity index (χ3n) is 7.96. The lowest BCUT2D eigenvalue weighted by Crippen LogP contribution is -2.48. The topological polar surface area (TPSA) is 88.9 Å². The van der Waals surface area contributed by atoms with Gasteiger partial charge in [-0.1, -0.05) is 31.2 Å². The summed E-state index contributed by atoms with van der Waals surface area (Å²) >= 11 is 0. The molecule has 9 heteroatoms.